The van der Waals surface area contributed by atoms with Crippen LogP contribution in [0.2, 0.25) is 0 Å². The molecule has 0 aliphatic rings. The first-order valence-electron chi connectivity index (χ1n) is 9.50. The van der Waals surface area contributed by atoms with Gasteiger partial charge in [0.25, 0.3) is 0 Å². The summed E-state index contributed by atoms with van der Waals surface area (Å²) in [5.74, 6) is 1.04. The van der Waals surface area contributed by atoms with Gasteiger partial charge in [-0.05, 0) is 49.6 Å². The molecule has 0 radical (unpaired) electrons. The fraction of sp³-hybridized carbons (Fsp3) is 0.273. The van der Waals surface area contributed by atoms with E-state index < -0.39 is 10.0 Å². The van der Waals surface area contributed by atoms with Gasteiger partial charge in [0, 0.05) is 18.2 Å². The molecule has 0 amide bonds. The highest BCUT2D eigenvalue weighted by atomic mass is 32.2. The first-order chi connectivity index (χ1) is 14.3. The molecule has 0 atom stereocenters. The van der Waals surface area contributed by atoms with Gasteiger partial charge in [-0.1, -0.05) is 30.3 Å². The van der Waals surface area contributed by atoms with Crippen LogP contribution in [0.4, 0.5) is 0 Å². The summed E-state index contributed by atoms with van der Waals surface area (Å²) < 4.78 is 38.9. The van der Waals surface area contributed by atoms with E-state index in [1.807, 2.05) is 50.2 Å². The van der Waals surface area contributed by atoms with Crippen LogP contribution in [0.5, 0.6) is 11.6 Å². The highest BCUT2D eigenvalue weighted by molar-refractivity contribution is 7.89. The number of methoxy groups -OCH3 is 1. The van der Waals surface area contributed by atoms with Crippen LogP contribution in [0, 0.1) is 20.8 Å². The van der Waals surface area contributed by atoms with Crippen molar-refractivity contribution in [3.05, 3.63) is 65.2 Å². The number of ether oxygens (including phenoxy) is 2. The monoisotopic (exact) mass is 427 g/mol. The Morgan fingerprint density at radius 3 is 2.33 bits per heavy atom. The summed E-state index contributed by atoms with van der Waals surface area (Å²) in [5, 5.41) is 8.19. The fourth-order valence-electron chi connectivity index (χ4n) is 3.18. The molecule has 0 bridgehead atoms. The first kappa shape index (κ1) is 21.7. The van der Waals surface area contributed by atoms with E-state index in [4.69, 9.17) is 9.47 Å². The van der Waals surface area contributed by atoms with Gasteiger partial charge in [0.1, 0.15) is 12.4 Å². The number of hydrogen-bond acceptors (Lipinski definition) is 6. The van der Waals surface area contributed by atoms with Crippen LogP contribution >= 0.6 is 0 Å². The molecule has 0 aliphatic carbocycles. The van der Waals surface area contributed by atoms with Gasteiger partial charge in [0.15, 0.2) is 0 Å². The fourth-order valence-corrected chi connectivity index (χ4v) is 4.58. The van der Waals surface area contributed by atoms with Crippen LogP contribution in [-0.2, 0) is 10.0 Å². The summed E-state index contributed by atoms with van der Waals surface area (Å²) in [6, 6.07) is 14.8. The molecule has 3 rings (SSSR count). The van der Waals surface area contributed by atoms with Crippen molar-refractivity contribution in [2.45, 2.75) is 25.7 Å². The molecule has 1 N–H and O–H groups in total. The van der Waals surface area contributed by atoms with Crippen molar-refractivity contribution in [2.75, 3.05) is 20.3 Å². The zero-order valence-electron chi connectivity index (χ0n) is 17.5. The van der Waals surface area contributed by atoms with Crippen molar-refractivity contribution in [3.8, 4) is 22.9 Å². The summed E-state index contributed by atoms with van der Waals surface area (Å²) in [6.45, 7) is 5.68. The van der Waals surface area contributed by atoms with Crippen molar-refractivity contribution in [2.24, 2.45) is 0 Å². The van der Waals surface area contributed by atoms with Crippen LogP contribution in [0.1, 0.15) is 16.7 Å². The molecule has 0 saturated carbocycles. The summed E-state index contributed by atoms with van der Waals surface area (Å²) in [6.07, 6.45) is 0. The molecule has 0 spiro atoms. The number of rotatable bonds is 8. The van der Waals surface area contributed by atoms with Gasteiger partial charge < -0.3 is 9.47 Å². The van der Waals surface area contributed by atoms with Crippen molar-refractivity contribution in [3.63, 3.8) is 0 Å². The average Bonchev–Trinajstić information content (AvgIpc) is 2.75. The predicted molar refractivity (Wildman–Crippen MR) is 115 cm³/mol. The van der Waals surface area contributed by atoms with Gasteiger partial charge in [0.2, 0.25) is 15.9 Å². The molecule has 1 aromatic heterocycles. The molecule has 2 aromatic carbocycles. The molecule has 158 valence electrons. The minimum atomic E-state index is -3.68. The largest absolute Gasteiger partial charge is 0.496 e. The molecule has 0 unspecified atom stereocenters. The zero-order valence-corrected chi connectivity index (χ0v) is 18.3. The Hall–Kier alpha value is -2.97. The molecule has 8 heteroatoms. The van der Waals surface area contributed by atoms with Gasteiger partial charge in [-0.15, -0.1) is 10.2 Å². The number of hydrogen-bond donors (Lipinski definition) is 1. The molecule has 0 saturated heterocycles. The predicted octanol–water partition coefficient (Wildman–Crippen LogP) is 3.43. The number of nitrogens with one attached hydrogen (secondary N) is 1. The quantitative estimate of drug-likeness (QED) is 0.554. The molecule has 3 aromatic rings. The van der Waals surface area contributed by atoms with Gasteiger partial charge in [-0.25, -0.2) is 13.1 Å². The lowest BCUT2D eigenvalue weighted by atomic mass is 10.1. The molecule has 1 heterocycles. The maximum atomic E-state index is 12.7. The minimum absolute atomic E-state index is 0.105. The molecule has 0 aliphatic heterocycles. The van der Waals surface area contributed by atoms with E-state index in [0.29, 0.717) is 17.2 Å². The standard InChI is InChI=1S/C22H25N3O4S/c1-15-14-20(16(2)17(3)22(15)28-4)30(26,27)23-12-13-29-21-11-10-19(24-25-21)18-8-6-5-7-9-18/h5-11,14,23H,12-13H2,1-4H3. The normalized spacial score (nSPS) is 11.3. The molecule has 30 heavy (non-hydrogen) atoms. The first-order valence-corrected chi connectivity index (χ1v) is 11.0. The third kappa shape index (κ3) is 4.77. The Balaban J connectivity index is 1.60. The van der Waals surface area contributed by atoms with E-state index in [1.165, 1.54) is 0 Å². The van der Waals surface area contributed by atoms with Crippen molar-refractivity contribution < 1.29 is 17.9 Å². The summed E-state index contributed by atoms with van der Waals surface area (Å²) in [4.78, 5) is 0.241. The van der Waals surface area contributed by atoms with E-state index in [-0.39, 0.29) is 18.0 Å². The average molecular weight is 428 g/mol. The van der Waals surface area contributed by atoms with Gasteiger partial charge in [-0.2, -0.15) is 0 Å². The maximum absolute atomic E-state index is 12.7. The van der Waals surface area contributed by atoms with Crippen LogP contribution in [0.25, 0.3) is 11.3 Å². The van der Waals surface area contributed by atoms with Crippen LogP contribution < -0.4 is 14.2 Å². The second-order valence-electron chi connectivity index (χ2n) is 6.84. The van der Waals surface area contributed by atoms with E-state index in [0.717, 1.165) is 22.4 Å². The highest BCUT2D eigenvalue weighted by Gasteiger charge is 2.21. The Kier molecular flexibility index (Phi) is 6.69. The lowest BCUT2D eigenvalue weighted by molar-refractivity contribution is 0.307. The highest BCUT2D eigenvalue weighted by Crippen LogP contribution is 2.30. The molecular formula is C22H25N3O4S. The van der Waals surface area contributed by atoms with Crippen LogP contribution in [-0.4, -0.2) is 38.9 Å². The van der Waals surface area contributed by atoms with Crippen molar-refractivity contribution in [1.29, 1.82) is 0 Å². The van der Waals surface area contributed by atoms with E-state index >= 15 is 0 Å². The summed E-state index contributed by atoms with van der Waals surface area (Å²) >= 11 is 0. The van der Waals surface area contributed by atoms with Crippen molar-refractivity contribution in [1.82, 2.24) is 14.9 Å². The Morgan fingerprint density at radius 1 is 0.967 bits per heavy atom. The number of benzene rings is 2. The molecule has 7 nitrogen and oxygen atoms in total. The van der Waals surface area contributed by atoms with E-state index in [9.17, 15) is 8.42 Å². The van der Waals surface area contributed by atoms with Gasteiger partial charge in [-0.3, -0.25) is 0 Å². The second-order valence-corrected chi connectivity index (χ2v) is 8.58. The zero-order chi connectivity index (χ0) is 21.7. The summed E-state index contributed by atoms with van der Waals surface area (Å²) in [7, 11) is -2.10. The topological polar surface area (TPSA) is 90.4 Å². The van der Waals surface area contributed by atoms with Crippen LogP contribution in [0.15, 0.2) is 53.4 Å². The Morgan fingerprint density at radius 2 is 1.70 bits per heavy atom. The molecular weight excluding hydrogens is 402 g/mol. The third-order valence-corrected chi connectivity index (χ3v) is 6.41. The maximum Gasteiger partial charge on any atom is 0.240 e. The third-order valence-electron chi connectivity index (χ3n) is 4.83. The van der Waals surface area contributed by atoms with Crippen molar-refractivity contribution >= 4 is 10.0 Å². The Bertz CT molecular complexity index is 1120. The SMILES string of the molecule is COc1c(C)cc(S(=O)(=O)NCCOc2ccc(-c3ccccc3)nn2)c(C)c1C. The Labute approximate surface area is 177 Å². The molecule has 0 fully saturated rings. The van der Waals surface area contributed by atoms with Gasteiger partial charge >= 0.3 is 0 Å². The number of sulfonamides is 1. The lowest BCUT2D eigenvalue weighted by Crippen LogP contribution is -2.29. The smallest absolute Gasteiger partial charge is 0.240 e. The summed E-state index contributed by atoms with van der Waals surface area (Å²) in [5.41, 5.74) is 3.94. The van der Waals surface area contributed by atoms with Crippen LogP contribution in [0.3, 0.4) is 0 Å². The van der Waals surface area contributed by atoms with Gasteiger partial charge in [0.05, 0.1) is 17.7 Å². The minimum Gasteiger partial charge on any atom is -0.496 e. The number of nitrogens with zero attached hydrogens (tertiary/aromatic N) is 2. The van der Waals surface area contributed by atoms with E-state index in [1.54, 1.807) is 26.2 Å². The number of aromatic nitrogens is 2. The number of aryl methyl sites for hydroxylation is 1. The second kappa shape index (κ2) is 9.23. The van der Waals surface area contributed by atoms with E-state index in [2.05, 4.69) is 14.9 Å². The lowest BCUT2D eigenvalue weighted by Gasteiger charge is -2.16.